The number of hydrogen-bond donors (Lipinski definition) is 2. The number of hydrogen-bond acceptors (Lipinski definition) is 2. The van der Waals surface area contributed by atoms with E-state index >= 15 is 0 Å². The number of rotatable bonds is 7. The first kappa shape index (κ1) is 16.5. The van der Waals surface area contributed by atoms with Crippen LogP contribution in [0, 0.1) is 0 Å². The van der Waals surface area contributed by atoms with Gasteiger partial charge in [0.25, 0.3) is 0 Å². The minimum absolute atomic E-state index is 0.0822. The van der Waals surface area contributed by atoms with Crippen molar-refractivity contribution in [1.29, 1.82) is 0 Å². The Labute approximate surface area is 136 Å². The quantitative estimate of drug-likeness (QED) is 0.772. The second-order valence-corrected chi connectivity index (χ2v) is 5.05. The van der Waals surface area contributed by atoms with Gasteiger partial charge in [0, 0.05) is 25.6 Å². The predicted octanol–water partition coefficient (Wildman–Crippen LogP) is 2.52. The van der Waals surface area contributed by atoms with Gasteiger partial charge in [-0.3, -0.25) is 9.59 Å². The molecule has 118 valence electrons. The van der Waals surface area contributed by atoms with Crippen molar-refractivity contribution in [3.05, 3.63) is 77.9 Å². The molecule has 2 rings (SSSR count). The normalized spacial score (nSPS) is 10.4. The van der Waals surface area contributed by atoms with Crippen molar-refractivity contribution in [2.45, 2.75) is 13.0 Å². The second kappa shape index (κ2) is 9.20. The van der Waals surface area contributed by atoms with E-state index < -0.39 is 0 Å². The largest absolute Gasteiger partial charge is 0.352 e. The standard InChI is InChI=1S/C19H20N2O2/c22-18(12-11-16-7-3-1-4-8-16)20-14-13-19(23)21-15-17-9-5-2-6-10-17/h1-12H,13-15H2,(H,20,22)(H,21,23). The lowest BCUT2D eigenvalue weighted by molar-refractivity contribution is -0.121. The van der Waals surface area contributed by atoms with Crippen molar-refractivity contribution in [2.24, 2.45) is 0 Å². The molecule has 2 N–H and O–H groups in total. The molecule has 0 aliphatic carbocycles. The zero-order valence-corrected chi connectivity index (χ0v) is 12.9. The number of benzene rings is 2. The Morgan fingerprint density at radius 2 is 1.52 bits per heavy atom. The smallest absolute Gasteiger partial charge is 0.244 e. The molecule has 0 spiro atoms. The zero-order chi connectivity index (χ0) is 16.3. The third kappa shape index (κ3) is 6.61. The molecule has 0 atom stereocenters. The molecule has 0 aliphatic rings. The number of carbonyl (C=O) groups excluding carboxylic acids is 2. The first-order chi connectivity index (χ1) is 11.2. The fourth-order valence-electron chi connectivity index (χ4n) is 1.98. The molecule has 2 amide bonds. The summed E-state index contributed by atoms with van der Waals surface area (Å²) in [6, 6.07) is 19.3. The van der Waals surface area contributed by atoms with Crippen molar-refractivity contribution in [1.82, 2.24) is 10.6 Å². The second-order valence-electron chi connectivity index (χ2n) is 5.05. The van der Waals surface area contributed by atoms with Crippen LogP contribution in [0.2, 0.25) is 0 Å². The van der Waals surface area contributed by atoms with Crippen molar-refractivity contribution in [3.63, 3.8) is 0 Å². The van der Waals surface area contributed by atoms with E-state index in [9.17, 15) is 9.59 Å². The Balaban J connectivity index is 1.63. The Morgan fingerprint density at radius 1 is 0.870 bits per heavy atom. The molecule has 0 fully saturated rings. The lowest BCUT2D eigenvalue weighted by Crippen LogP contribution is -2.29. The fraction of sp³-hybridized carbons (Fsp3) is 0.158. The van der Waals surface area contributed by atoms with Crippen LogP contribution in [-0.4, -0.2) is 18.4 Å². The third-order valence-electron chi connectivity index (χ3n) is 3.21. The molecule has 2 aromatic rings. The first-order valence-corrected chi connectivity index (χ1v) is 7.55. The maximum Gasteiger partial charge on any atom is 0.244 e. The summed E-state index contributed by atoms with van der Waals surface area (Å²) in [6.07, 6.45) is 3.47. The van der Waals surface area contributed by atoms with Gasteiger partial charge >= 0.3 is 0 Å². The van der Waals surface area contributed by atoms with Crippen LogP contribution in [-0.2, 0) is 16.1 Å². The van der Waals surface area contributed by atoms with Gasteiger partial charge in [-0.1, -0.05) is 60.7 Å². The molecule has 0 saturated heterocycles. The van der Waals surface area contributed by atoms with E-state index in [1.807, 2.05) is 60.7 Å². The number of amides is 2. The van der Waals surface area contributed by atoms with Gasteiger partial charge in [-0.2, -0.15) is 0 Å². The molecule has 2 aromatic carbocycles. The molecule has 0 saturated carbocycles. The van der Waals surface area contributed by atoms with Gasteiger partial charge in [-0.25, -0.2) is 0 Å². The van der Waals surface area contributed by atoms with Gasteiger partial charge in [-0.15, -0.1) is 0 Å². The molecule has 4 heteroatoms. The summed E-state index contributed by atoms with van der Waals surface area (Å²) >= 11 is 0. The van der Waals surface area contributed by atoms with Crippen LogP contribution < -0.4 is 10.6 Å². The molecule has 23 heavy (non-hydrogen) atoms. The molecule has 0 heterocycles. The highest BCUT2D eigenvalue weighted by Gasteiger charge is 2.02. The van der Waals surface area contributed by atoms with Crippen LogP contribution in [0.3, 0.4) is 0 Å². The van der Waals surface area contributed by atoms with E-state index in [-0.39, 0.29) is 18.2 Å². The van der Waals surface area contributed by atoms with Gasteiger partial charge in [-0.05, 0) is 17.2 Å². The van der Waals surface area contributed by atoms with Gasteiger partial charge in [0.2, 0.25) is 11.8 Å². The Morgan fingerprint density at radius 3 is 2.22 bits per heavy atom. The highest BCUT2D eigenvalue weighted by atomic mass is 16.2. The van der Waals surface area contributed by atoms with Crippen LogP contribution in [0.15, 0.2) is 66.7 Å². The molecule has 0 aliphatic heterocycles. The van der Waals surface area contributed by atoms with E-state index in [2.05, 4.69) is 10.6 Å². The Kier molecular flexibility index (Phi) is 6.60. The molecule has 0 aromatic heterocycles. The summed E-state index contributed by atoms with van der Waals surface area (Å²) in [5, 5.41) is 5.52. The van der Waals surface area contributed by atoms with Crippen molar-refractivity contribution < 1.29 is 9.59 Å². The monoisotopic (exact) mass is 308 g/mol. The summed E-state index contributed by atoms with van der Waals surface area (Å²) in [7, 11) is 0. The van der Waals surface area contributed by atoms with Gasteiger partial charge in [0.05, 0.1) is 0 Å². The van der Waals surface area contributed by atoms with Crippen LogP contribution in [0.5, 0.6) is 0 Å². The Hall–Kier alpha value is -2.88. The molecule has 0 radical (unpaired) electrons. The summed E-state index contributed by atoms with van der Waals surface area (Å²) in [4.78, 5) is 23.3. The van der Waals surface area contributed by atoms with Crippen LogP contribution in [0.4, 0.5) is 0 Å². The van der Waals surface area contributed by atoms with E-state index in [0.717, 1.165) is 11.1 Å². The van der Waals surface area contributed by atoms with Crippen LogP contribution in [0.1, 0.15) is 17.5 Å². The van der Waals surface area contributed by atoms with Gasteiger partial charge in [0.15, 0.2) is 0 Å². The van der Waals surface area contributed by atoms with E-state index in [4.69, 9.17) is 0 Å². The van der Waals surface area contributed by atoms with Crippen molar-refractivity contribution in [2.75, 3.05) is 6.54 Å². The minimum atomic E-state index is -0.204. The SMILES string of the molecule is O=C(C=Cc1ccccc1)NCCC(=O)NCc1ccccc1. The average molecular weight is 308 g/mol. The van der Waals surface area contributed by atoms with E-state index in [1.165, 1.54) is 6.08 Å². The van der Waals surface area contributed by atoms with E-state index in [0.29, 0.717) is 13.1 Å². The molecule has 4 nitrogen and oxygen atoms in total. The van der Waals surface area contributed by atoms with Crippen molar-refractivity contribution in [3.8, 4) is 0 Å². The predicted molar refractivity (Wildman–Crippen MR) is 91.4 cm³/mol. The van der Waals surface area contributed by atoms with Gasteiger partial charge in [0.1, 0.15) is 0 Å². The van der Waals surface area contributed by atoms with E-state index in [1.54, 1.807) is 6.08 Å². The molecule has 0 unspecified atom stereocenters. The summed E-state index contributed by atoms with van der Waals surface area (Å²) in [5.41, 5.74) is 2.01. The van der Waals surface area contributed by atoms with Crippen LogP contribution >= 0.6 is 0 Å². The summed E-state index contributed by atoms with van der Waals surface area (Å²) < 4.78 is 0. The number of nitrogens with one attached hydrogen (secondary N) is 2. The number of carbonyl (C=O) groups is 2. The topological polar surface area (TPSA) is 58.2 Å². The Bertz CT molecular complexity index is 652. The first-order valence-electron chi connectivity index (χ1n) is 7.55. The fourth-order valence-corrected chi connectivity index (χ4v) is 1.98. The summed E-state index contributed by atoms with van der Waals surface area (Å²) in [5.74, 6) is -0.286. The maximum atomic E-state index is 11.7. The molecular weight excluding hydrogens is 288 g/mol. The highest BCUT2D eigenvalue weighted by molar-refractivity contribution is 5.92. The lowest BCUT2D eigenvalue weighted by Gasteiger charge is -2.05. The molecule has 0 bridgehead atoms. The van der Waals surface area contributed by atoms with Gasteiger partial charge < -0.3 is 10.6 Å². The third-order valence-corrected chi connectivity index (χ3v) is 3.21. The summed E-state index contributed by atoms with van der Waals surface area (Å²) in [6.45, 7) is 0.820. The maximum absolute atomic E-state index is 11.7. The van der Waals surface area contributed by atoms with Crippen molar-refractivity contribution >= 4 is 17.9 Å². The minimum Gasteiger partial charge on any atom is -0.352 e. The zero-order valence-electron chi connectivity index (χ0n) is 12.9. The van der Waals surface area contributed by atoms with Crippen LogP contribution in [0.25, 0.3) is 6.08 Å². The highest BCUT2D eigenvalue weighted by Crippen LogP contribution is 2.00. The average Bonchev–Trinajstić information content (AvgIpc) is 2.60. The lowest BCUT2D eigenvalue weighted by atomic mass is 10.2. The molecular formula is C19H20N2O2.